The summed E-state index contributed by atoms with van der Waals surface area (Å²) in [5.41, 5.74) is 2.62. The number of hydrogen-bond donors (Lipinski definition) is 2. The predicted octanol–water partition coefficient (Wildman–Crippen LogP) is 2.53. The van der Waals surface area contributed by atoms with Crippen molar-refractivity contribution in [3.8, 4) is 0 Å². The number of fused-ring (bicyclic) bond motifs is 1. The number of rotatable bonds is 1. The Bertz CT molecular complexity index is 312. The number of halogens is 1. The van der Waals surface area contributed by atoms with E-state index in [1.54, 1.807) is 0 Å². The van der Waals surface area contributed by atoms with Crippen LogP contribution in [0.25, 0.3) is 0 Å². The first-order chi connectivity index (χ1) is 6.31. The number of benzene rings is 1. The van der Waals surface area contributed by atoms with Crippen molar-refractivity contribution in [1.82, 2.24) is 5.32 Å². The third-order valence-electron chi connectivity index (χ3n) is 2.49. The molecule has 13 heavy (non-hydrogen) atoms. The number of hydrogen-bond acceptors (Lipinski definition) is 2. The molecule has 70 valence electrons. The molecule has 0 saturated carbocycles. The fraction of sp³-hybridized carbons (Fsp3) is 0.400. The lowest BCUT2D eigenvalue weighted by molar-refractivity contribution is 0.551. The fourth-order valence-corrected chi connectivity index (χ4v) is 2.17. The van der Waals surface area contributed by atoms with Crippen LogP contribution in [0, 0.1) is 0 Å². The Morgan fingerprint density at radius 3 is 3.15 bits per heavy atom. The summed E-state index contributed by atoms with van der Waals surface area (Å²) in [5.74, 6) is 0. The molecule has 0 fully saturated rings. The van der Waals surface area contributed by atoms with Crippen molar-refractivity contribution in [2.75, 3.05) is 18.9 Å². The topological polar surface area (TPSA) is 24.1 Å². The van der Waals surface area contributed by atoms with Crippen molar-refractivity contribution in [2.45, 2.75) is 12.5 Å². The summed E-state index contributed by atoms with van der Waals surface area (Å²) in [4.78, 5) is 0. The van der Waals surface area contributed by atoms with Gasteiger partial charge >= 0.3 is 0 Å². The maximum atomic E-state index is 3.49. The summed E-state index contributed by atoms with van der Waals surface area (Å²) in [6, 6.07) is 6.88. The number of nitrogens with one attached hydrogen (secondary N) is 2. The molecule has 1 aromatic rings. The van der Waals surface area contributed by atoms with E-state index in [2.05, 4.69) is 44.8 Å². The van der Waals surface area contributed by atoms with Crippen molar-refractivity contribution in [3.63, 3.8) is 0 Å². The van der Waals surface area contributed by atoms with Gasteiger partial charge in [0, 0.05) is 22.7 Å². The average Bonchev–Trinajstić information content (AvgIpc) is 2.17. The summed E-state index contributed by atoms with van der Waals surface area (Å²) in [6.07, 6.45) is 1.15. The molecule has 2 nitrogen and oxygen atoms in total. The lowest BCUT2D eigenvalue weighted by Crippen LogP contribution is -2.25. The van der Waals surface area contributed by atoms with E-state index in [9.17, 15) is 0 Å². The maximum Gasteiger partial charge on any atom is 0.0389 e. The van der Waals surface area contributed by atoms with Crippen LogP contribution in [0.4, 0.5) is 5.69 Å². The Morgan fingerprint density at radius 1 is 1.54 bits per heavy atom. The standard InChI is InChI=1S/C10H13BrN2/c1-12-9-4-5-13-10-3-2-7(11)6-8(9)10/h2-3,6,9,12-13H,4-5H2,1H3. The molecule has 2 N–H and O–H groups in total. The molecule has 1 aliphatic rings. The zero-order valence-corrected chi connectivity index (χ0v) is 9.19. The lowest BCUT2D eigenvalue weighted by atomic mass is 9.98. The van der Waals surface area contributed by atoms with Crippen LogP contribution in [-0.4, -0.2) is 13.6 Å². The van der Waals surface area contributed by atoms with Crippen LogP contribution >= 0.6 is 15.9 Å². The van der Waals surface area contributed by atoms with Crippen molar-refractivity contribution < 1.29 is 0 Å². The van der Waals surface area contributed by atoms with Crippen molar-refractivity contribution in [2.24, 2.45) is 0 Å². The minimum Gasteiger partial charge on any atom is -0.385 e. The van der Waals surface area contributed by atoms with Crippen LogP contribution in [0.5, 0.6) is 0 Å². The van der Waals surface area contributed by atoms with Crippen molar-refractivity contribution >= 4 is 21.6 Å². The van der Waals surface area contributed by atoms with E-state index in [4.69, 9.17) is 0 Å². The van der Waals surface area contributed by atoms with Gasteiger partial charge in [0.25, 0.3) is 0 Å². The largest absolute Gasteiger partial charge is 0.385 e. The molecule has 0 aliphatic carbocycles. The Hall–Kier alpha value is -0.540. The van der Waals surface area contributed by atoms with E-state index >= 15 is 0 Å². The first-order valence-electron chi connectivity index (χ1n) is 4.52. The van der Waals surface area contributed by atoms with Crippen LogP contribution in [-0.2, 0) is 0 Å². The van der Waals surface area contributed by atoms with Gasteiger partial charge in [-0.05, 0) is 37.2 Å². The normalized spacial score (nSPS) is 20.6. The monoisotopic (exact) mass is 240 g/mol. The summed E-state index contributed by atoms with van der Waals surface area (Å²) >= 11 is 3.49. The van der Waals surface area contributed by atoms with E-state index in [-0.39, 0.29) is 0 Å². The summed E-state index contributed by atoms with van der Waals surface area (Å²) < 4.78 is 1.15. The van der Waals surface area contributed by atoms with E-state index in [1.807, 2.05) is 7.05 Å². The number of anilines is 1. The Morgan fingerprint density at radius 2 is 2.38 bits per heavy atom. The maximum absolute atomic E-state index is 3.49. The second-order valence-corrected chi connectivity index (χ2v) is 4.20. The van der Waals surface area contributed by atoms with Gasteiger partial charge in [0.15, 0.2) is 0 Å². The average molecular weight is 241 g/mol. The molecule has 0 amide bonds. The van der Waals surface area contributed by atoms with Gasteiger partial charge in [-0.2, -0.15) is 0 Å². The van der Waals surface area contributed by atoms with E-state index in [0.29, 0.717) is 6.04 Å². The summed E-state index contributed by atoms with van der Waals surface area (Å²) in [7, 11) is 2.01. The van der Waals surface area contributed by atoms with Gasteiger partial charge < -0.3 is 10.6 Å². The molecule has 1 aromatic carbocycles. The molecule has 0 spiro atoms. The van der Waals surface area contributed by atoms with Crippen molar-refractivity contribution in [1.29, 1.82) is 0 Å². The lowest BCUT2D eigenvalue weighted by Gasteiger charge is -2.26. The Balaban J connectivity index is 2.41. The molecule has 1 aliphatic heterocycles. The molecule has 3 heteroatoms. The second kappa shape index (κ2) is 3.68. The zero-order valence-electron chi connectivity index (χ0n) is 7.60. The Kier molecular flexibility index (Phi) is 2.56. The van der Waals surface area contributed by atoms with Crippen LogP contribution in [0.2, 0.25) is 0 Å². The second-order valence-electron chi connectivity index (χ2n) is 3.29. The van der Waals surface area contributed by atoms with Gasteiger partial charge in [-0.15, -0.1) is 0 Å². The summed E-state index contributed by atoms with van der Waals surface area (Å²) in [6.45, 7) is 1.06. The van der Waals surface area contributed by atoms with Gasteiger partial charge in [0.05, 0.1) is 0 Å². The van der Waals surface area contributed by atoms with Gasteiger partial charge in [0.2, 0.25) is 0 Å². The highest BCUT2D eigenvalue weighted by Crippen LogP contribution is 2.31. The summed E-state index contributed by atoms with van der Waals surface area (Å²) in [5, 5.41) is 6.72. The molecule has 0 saturated heterocycles. The molecule has 1 atom stereocenters. The molecule has 0 bridgehead atoms. The van der Waals surface area contributed by atoms with E-state index in [1.165, 1.54) is 11.3 Å². The van der Waals surface area contributed by atoms with Crippen molar-refractivity contribution in [3.05, 3.63) is 28.2 Å². The third-order valence-corrected chi connectivity index (χ3v) is 2.98. The third kappa shape index (κ3) is 1.71. The van der Waals surface area contributed by atoms with Gasteiger partial charge in [-0.1, -0.05) is 15.9 Å². The molecule has 2 rings (SSSR count). The molecule has 1 unspecified atom stereocenters. The first kappa shape index (κ1) is 9.03. The van der Waals surface area contributed by atoms with E-state index in [0.717, 1.165) is 17.4 Å². The van der Waals surface area contributed by atoms with Gasteiger partial charge in [-0.3, -0.25) is 0 Å². The highest BCUT2D eigenvalue weighted by atomic mass is 79.9. The van der Waals surface area contributed by atoms with Crippen LogP contribution < -0.4 is 10.6 Å². The van der Waals surface area contributed by atoms with Gasteiger partial charge in [0.1, 0.15) is 0 Å². The minimum absolute atomic E-state index is 0.494. The predicted molar refractivity (Wildman–Crippen MR) is 59.0 cm³/mol. The molecular formula is C10H13BrN2. The van der Waals surface area contributed by atoms with Crippen LogP contribution in [0.1, 0.15) is 18.0 Å². The highest BCUT2D eigenvalue weighted by molar-refractivity contribution is 9.10. The molecular weight excluding hydrogens is 228 g/mol. The fourth-order valence-electron chi connectivity index (χ4n) is 1.79. The highest BCUT2D eigenvalue weighted by Gasteiger charge is 2.17. The SMILES string of the molecule is CNC1CCNc2ccc(Br)cc21. The zero-order chi connectivity index (χ0) is 9.26. The Labute approximate surface area is 86.9 Å². The first-order valence-corrected chi connectivity index (χ1v) is 5.31. The molecule has 0 aromatic heterocycles. The smallest absolute Gasteiger partial charge is 0.0389 e. The molecule has 0 radical (unpaired) electrons. The minimum atomic E-state index is 0.494. The molecule has 1 heterocycles. The van der Waals surface area contributed by atoms with E-state index < -0.39 is 0 Å². The van der Waals surface area contributed by atoms with Gasteiger partial charge in [-0.25, -0.2) is 0 Å². The van der Waals surface area contributed by atoms with Crippen LogP contribution in [0.3, 0.4) is 0 Å². The van der Waals surface area contributed by atoms with Crippen LogP contribution in [0.15, 0.2) is 22.7 Å². The quantitative estimate of drug-likeness (QED) is 0.789.